The summed E-state index contributed by atoms with van der Waals surface area (Å²) in [6, 6.07) is 13.8. The topological polar surface area (TPSA) is 58.6 Å². The largest absolute Gasteiger partial charge is 0.481 e. The summed E-state index contributed by atoms with van der Waals surface area (Å²) in [6.07, 6.45) is 3.42. The predicted molar refractivity (Wildman–Crippen MR) is 104 cm³/mol. The van der Waals surface area contributed by atoms with Crippen LogP contribution in [0.5, 0.6) is 5.88 Å². The number of fused-ring (bicyclic) bond motifs is 1. The Kier molecular flexibility index (Phi) is 4.98. The van der Waals surface area contributed by atoms with Gasteiger partial charge in [0.05, 0.1) is 18.2 Å². The summed E-state index contributed by atoms with van der Waals surface area (Å²) in [4.78, 5) is 25.6. The van der Waals surface area contributed by atoms with E-state index >= 15 is 0 Å². The number of carbonyl (C=O) groups excluding carboxylic acids is 1. The fourth-order valence-corrected chi connectivity index (χ4v) is 3.46. The van der Waals surface area contributed by atoms with E-state index in [1.807, 2.05) is 17.2 Å². The zero-order chi connectivity index (χ0) is 18.6. The number of nitrogens with zero attached hydrogens (tertiary/aromatic N) is 4. The van der Waals surface area contributed by atoms with Crippen molar-refractivity contribution in [2.45, 2.75) is 6.54 Å². The van der Waals surface area contributed by atoms with Crippen LogP contribution in [0.3, 0.4) is 0 Å². The lowest BCUT2D eigenvalue weighted by molar-refractivity contribution is 0.0628. The maximum absolute atomic E-state index is 12.7. The molecule has 0 aliphatic carbocycles. The molecule has 1 fully saturated rings. The van der Waals surface area contributed by atoms with Gasteiger partial charge in [-0.05, 0) is 17.7 Å². The Bertz CT molecular complexity index is 929. The Morgan fingerprint density at radius 2 is 1.85 bits per heavy atom. The standard InChI is InChI=1S/C21H22N4O2/c1-27-19-8-7-17(14-23-19)21(26)25-12-10-24(11-13-25)15-18-5-2-4-16-6-3-9-22-20(16)18/h2-9,14H,10-13,15H2,1H3. The number of benzene rings is 1. The van der Waals surface area contributed by atoms with Crippen LogP contribution in [-0.4, -0.2) is 59.0 Å². The number of para-hydroxylation sites is 1. The summed E-state index contributed by atoms with van der Waals surface area (Å²) in [5.74, 6) is 0.539. The molecule has 1 aliphatic rings. The molecule has 0 bridgehead atoms. The molecule has 0 atom stereocenters. The Morgan fingerprint density at radius 3 is 2.59 bits per heavy atom. The van der Waals surface area contributed by atoms with Gasteiger partial charge in [-0.15, -0.1) is 0 Å². The van der Waals surface area contributed by atoms with Crippen LogP contribution in [0.4, 0.5) is 0 Å². The minimum atomic E-state index is 0.0247. The smallest absolute Gasteiger partial charge is 0.255 e. The van der Waals surface area contributed by atoms with Gasteiger partial charge in [-0.2, -0.15) is 0 Å². The third-order valence-corrected chi connectivity index (χ3v) is 4.96. The third kappa shape index (κ3) is 3.75. The van der Waals surface area contributed by atoms with Crippen LogP contribution >= 0.6 is 0 Å². The lowest BCUT2D eigenvalue weighted by Crippen LogP contribution is -2.48. The molecule has 0 spiro atoms. The van der Waals surface area contributed by atoms with Crippen LogP contribution in [0.2, 0.25) is 0 Å². The molecule has 3 heterocycles. The van der Waals surface area contributed by atoms with E-state index in [2.05, 4.69) is 39.1 Å². The average Bonchev–Trinajstić information content (AvgIpc) is 2.74. The molecule has 6 heteroatoms. The molecule has 1 aliphatic heterocycles. The molecule has 0 unspecified atom stereocenters. The number of hydrogen-bond acceptors (Lipinski definition) is 5. The molecule has 0 N–H and O–H groups in total. The number of ether oxygens (including phenoxy) is 1. The molecule has 1 amide bonds. The van der Waals surface area contributed by atoms with Gasteiger partial charge in [0.15, 0.2) is 0 Å². The second kappa shape index (κ2) is 7.72. The molecule has 27 heavy (non-hydrogen) atoms. The Balaban J connectivity index is 1.39. The summed E-state index contributed by atoms with van der Waals surface area (Å²) in [6.45, 7) is 3.96. The van der Waals surface area contributed by atoms with Crippen molar-refractivity contribution >= 4 is 16.8 Å². The first-order chi connectivity index (χ1) is 13.2. The fraction of sp³-hybridized carbons (Fsp3) is 0.286. The molecule has 2 aromatic heterocycles. The molecule has 4 rings (SSSR count). The second-order valence-corrected chi connectivity index (χ2v) is 6.65. The van der Waals surface area contributed by atoms with E-state index in [1.165, 1.54) is 5.56 Å². The number of methoxy groups -OCH3 is 1. The van der Waals surface area contributed by atoms with Crippen LogP contribution in [0.15, 0.2) is 54.9 Å². The summed E-state index contributed by atoms with van der Waals surface area (Å²) < 4.78 is 5.05. The van der Waals surface area contributed by atoms with Gasteiger partial charge in [-0.1, -0.05) is 24.3 Å². The minimum absolute atomic E-state index is 0.0247. The van der Waals surface area contributed by atoms with Gasteiger partial charge in [-0.25, -0.2) is 4.98 Å². The monoisotopic (exact) mass is 362 g/mol. The maximum Gasteiger partial charge on any atom is 0.255 e. The molecule has 138 valence electrons. The first-order valence-corrected chi connectivity index (χ1v) is 9.09. The van der Waals surface area contributed by atoms with Crippen molar-refractivity contribution in [2.24, 2.45) is 0 Å². The van der Waals surface area contributed by atoms with Crippen molar-refractivity contribution in [1.29, 1.82) is 0 Å². The van der Waals surface area contributed by atoms with Gasteiger partial charge >= 0.3 is 0 Å². The van der Waals surface area contributed by atoms with Gasteiger partial charge in [0, 0.05) is 56.6 Å². The summed E-state index contributed by atoms with van der Waals surface area (Å²) >= 11 is 0. The highest BCUT2D eigenvalue weighted by Crippen LogP contribution is 2.19. The highest BCUT2D eigenvalue weighted by molar-refractivity contribution is 5.94. The molecule has 1 aromatic carbocycles. The zero-order valence-corrected chi connectivity index (χ0v) is 15.3. The summed E-state index contributed by atoms with van der Waals surface area (Å²) in [5.41, 5.74) is 2.89. The van der Waals surface area contributed by atoms with Gasteiger partial charge in [0.1, 0.15) is 0 Å². The number of hydrogen-bond donors (Lipinski definition) is 0. The lowest BCUT2D eigenvalue weighted by atomic mass is 10.1. The fourth-order valence-electron chi connectivity index (χ4n) is 3.46. The first kappa shape index (κ1) is 17.4. The number of pyridine rings is 2. The van der Waals surface area contributed by atoms with E-state index in [-0.39, 0.29) is 5.91 Å². The zero-order valence-electron chi connectivity index (χ0n) is 15.3. The van der Waals surface area contributed by atoms with Crippen molar-refractivity contribution in [3.8, 4) is 5.88 Å². The van der Waals surface area contributed by atoms with E-state index in [1.54, 1.807) is 25.4 Å². The Morgan fingerprint density at radius 1 is 1.04 bits per heavy atom. The quantitative estimate of drug-likeness (QED) is 0.714. The molecule has 0 saturated carbocycles. The maximum atomic E-state index is 12.7. The number of rotatable bonds is 4. The first-order valence-electron chi connectivity index (χ1n) is 9.09. The summed E-state index contributed by atoms with van der Waals surface area (Å²) in [7, 11) is 1.56. The molecule has 0 radical (unpaired) electrons. The molecular weight excluding hydrogens is 340 g/mol. The van der Waals surface area contributed by atoms with E-state index in [0.29, 0.717) is 24.5 Å². The van der Waals surface area contributed by atoms with Crippen LogP contribution < -0.4 is 4.74 Å². The van der Waals surface area contributed by atoms with Crippen LogP contribution in [0, 0.1) is 0 Å². The molecular formula is C21H22N4O2. The van der Waals surface area contributed by atoms with E-state index in [4.69, 9.17) is 4.74 Å². The second-order valence-electron chi connectivity index (χ2n) is 6.65. The number of amides is 1. The van der Waals surface area contributed by atoms with Crippen molar-refractivity contribution in [3.63, 3.8) is 0 Å². The van der Waals surface area contributed by atoms with Crippen molar-refractivity contribution < 1.29 is 9.53 Å². The van der Waals surface area contributed by atoms with E-state index < -0.39 is 0 Å². The van der Waals surface area contributed by atoms with Gasteiger partial charge in [-0.3, -0.25) is 14.7 Å². The highest BCUT2D eigenvalue weighted by Gasteiger charge is 2.22. The number of carbonyl (C=O) groups is 1. The van der Waals surface area contributed by atoms with Gasteiger partial charge in [0.25, 0.3) is 5.91 Å². The number of piperazine rings is 1. The predicted octanol–water partition coefficient (Wildman–Crippen LogP) is 2.60. The van der Waals surface area contributed by atoms with Gasteiger partial charge in [0.2, 0.25) is 5.88 Å². The van der Waals surface area contributed by atoms with Crippen molar-refractivity contribution in [3.05, 3.63) is 66.0 Å². The third-order valence-electron chi connectivity index (χ3n) is 4.96. The van der Waals surface area contributed by atoms with E-state index in [0.717, 1.165) is 30.5 Å². The minimum Gasteiger partial charge on any atom is -0.481 e. The Labute approximate surface area is 158 Å². The van der Waals surface area contributed by atoms with E-state index in [9.17, 15) is 4.79 Å². The summed E-state index contributed by atoms with van der Waals surface area (Å²) in [5, 5.41) is 1.16. The lowest BCUT2D eigenvalue weighted by Gasteiger charge is -2.34. The molecule has 1 saturated heterocycles. The Hall–Kier alpha value is -2.99. The van der Waals surface area contributed by atoms with Crippen LogP contribution in [0.25, 0.3) is 10.9 Å². The highest BCUT2D eigenvalue weighted by atomic mass is 16.5. The van der Waals surface area contributed by atoms with Gasteiger partial charge < -0.3 is 9.64 Å². The van der Waals surface area contributed by atoms with Crippen LogP contribution in [-0.2, 0) is 6.54 Å². The molecule has 3 aromatic rings. The van der Waals surface area contributed by atoms with Crippen molar-refractivity contribution in [1.82, 2.24) is 19.8 Å². The normalized spacial score (nSPS) is 15.1. The average molecular weight is 362 g/mol. The SMILES string of the molecule is COc1ccc(C(=O)N2CCN(Cc3cccc4cccnc34)CC2)cn1. The van der Waals surface area contributed by atoms with Crippen molar-refractivity contribution in [2.75, 3.05) is 33.3 Å². The molecule has 6 nitrogen and oxygen atoms in total. The number of aromatic nitrogens is 2. The van der Waals surface area contributed by atoms with Crippen LogP contribution in [0.1, 0.15) is 15.9 Å².